The predicted molar refractivity (Wildman–Crippen MR) is 89.1 cm³/mol. The summed E-state index contributed by atoms with van der Waals surface area (Å²) in [5.41, 5.74) is 6.24. The molecule has 5 heteroatoms. The van der Waals surface area contributed by atoms with Crippen molar-refractivity contribution in [3.05, 3.63) is 47.0 Å². The van der Waals surface area contributed by atoms with Gasteiger partial charge < -0.3 is 10.3 Å². The highest BCUT2D eigenvalue weighted by Gasteiger charge is 2.10. The zero-order valence-electron chi connectivity index (χ0n) is 11.6. The van der Waals surface area contributed by atoms with E-state index < -0.39 is 0 Å². The molecule has 3 nitrogen and oxygen atoms in total. The van der Waals surface area contributed by atoms with E-state index in [4.69, 9.17) is 5.73 Å². The van der Waals surface area contributed by atoms with Gasteiger partial charge in [0.1, 0.15) is 5.82 Å². The van der Waals surface area contributed by atoms with Gasteiger partial charge >= 0.3 is 0 Å². The minimum atomic E-state index is 0.116. The number of aryl methyl sites for hydroxylation is 1. The van der Waals surface area contributed by atoms with Crippen LogP contribution in [-0.4, -0.2) is 21.3 Å². The maximum Gasteiger partial charge on any atom is 0.110 e. The molecule has 2 rings (SSSR count). The van der Waals surface area contributed by atoms with Gasteiger partial charge in [-0.1, -0.05) is 19.1 Å². The molecule has 0 radical (unpaired) electrons. The highest BCUT2D eigenvalue weighted by atomic mass is 79.9. The molecule has 1 atom stereocenters. The first-order chi connectivity index (χ1) is 9.70. The zero-order valence-corrected chi connectivity index (χ0v) is 14.0. The van der Waals surface area contributed by atoms with Gasteiger partial charge in [-0.15, -0.1) is 11.8 Å². The Morgan fingerprint density at radius 3 is 2.95 bits per heavy atom. The summed E-state index contributed by atoms with van der Waals surface area (Å²) < 4.78 is 3.33. The third-order valence-corrected chi connectivity index (χ3v) is 5.22. The minimum absolute atomic E-state index is 0.116. The summed E-state index contributed by atoms with van der Waals surface area (Å²) in [6.45, 7) is 3.19. The fourth-order valence-corrected chi connectivity index (χ4v) is 3.55. The fourth-order valence-electron chi connectivity index (χ4n) is 2.03. The molecular weight excluding hydrogens is 334 g/mol. The molecule has 1 heterocycles. The molecule has 1 aromatic carbocycles. The number of halogens is 1. The molecule has 0 spiro atoms. The van der Waals surface area contributed by atoms with Gasteiger partial charge in [0, 0.05) is 46.5 Å². The first-order valence-corrected chi connectivity index (χ1v) is 8.61. The number of imidazole rings is 1. The summed E-state index contributed by atoms with van der Waals surface area (Å²) in [5.74, 6) is 1.98. The van der Waals surface area contributed by atoms with Gasteiger partial charge in [-0.3, -0.25) is 0 Å². The molecule has 2 N–H and O–H groups in total. The molecular formula is C15H20BrN3S. The second kappa shape index (κ2) is 7.86. The van der Waals surface area contributed by atoms with Crippen LogP contribution in [0.25, 0.3) is 0 Å². The molecule has 0 aliphatic carbocycles. The molecule has 0 fully saturated rings. The number of aromatic nitrogens is 2. The second-order valence-corrected chi connectivity index (χ2v) is 6.66. The van der Waals surface area contributed by atoms with Crippen molar-refractivity contribution in [2.75, 3.05) is 5.75 Å². The van der Waals surface area contributed by atoms with Crippen molar-refractivity contribution in [1.29, 1.82) is 0 Å². The molecule has 1 unspecified atom stereocenters. The van der Waals surface area contributed by atoms with Crippen molar-refractivity contribution < 1.29 is 0 Å². The third-order valence-electron chi connectivity index (χ3n) is 3.00. The third kappa shape index (κ3) is 4.36. The summed E-state index contributed by atoms with van der Waals surface area (Å²) in [6, 6.07) is 8.36. The summed E-state index contributed by atoms with van der Waals surface area (Å²) >= 11 is 5.35. The molecule has 2 aromatic rings. The molecule has 108 valence electrons. The van der Waals surface area contributed by atoms with E-state index in [2.05, 4.69) is 44.5 Å². The Balaban J connectivity index is 1.88. The number of nitrogens with two attached hydrogens (primary N) is 1. The highest BCUT2D eigenvalue weighted by molar-refractivity contribution is 9.10. The number of hydrogen-bond acceptors (Lipinski definition) is 3. The quantitative estimate of drug-likeness (QED) is 0.771. The molecule has 0 saturated carbocycles. The van der Waals surface area contributed by atoms with Crippen LogP contribution in [0, 0.1) is 0 Å². The summed E-state index contributed by atoms with van der Waals surface area (Å²) in [7, 11) is 0. The predicted octanol–water partition coefficient (Wildman–Crippen LogP) is 3.72. The zero-order chi connectivity index (χ0) is 14.4. The lowest BCUT2D eigenvalue weighted by Crippen LogP contribution is -2.27. The number of hydrogen-bond donors (Lipinski definition) is 1. The number of nitrogens with zero attached hydrogens (tertiary/aromatic N) is 2. The fraction of sp³-hybridized carbons (Fsp3) is 0.400. The molecule has 0 bridgehead atoms. The van der Waals surface area contributed by atoms with Crippen LogP contribution >= 0.6 is 27.7 Å². The number of thioether (sulfide) groups is 1. The van der Waals surface area contributed by atoms with Gasteiger partial charge in [0.05, 0.1) is 0 Å². The normalized spacial score (nSPS) is 12.6. The smallest absolute Gasteiger partial charge is 0.110 e. The molecule has 0 aliphatic rings. The van der Waals surface area contributed by atoms with Crippen molar-refractivity contribution in [3.63, 3.8) is 0 Å². The Hall–Kier alpha value is -0.780. The van der Waals surface area contributed by atoms with E-state index >= 15 is 0 Å². The van der Waals surface area contributed by atoms with Gasteiger partial charge in [0.25, 0.3) is 0 Å². The molecule has 20 heavy (non-hydrogen) atoms. The lowest BCUT2D eigenvalue weighted by atomic mass is 10.2. The van der Waals surface area contributed by atoms with Crippen LogP contribution in [0.4, 0.5) is 0 Å². The summed E-state index contributed by atoms with van der Waals surface area (Å²) in [5, 5.41) is 0. The van der Waals surface area contributed by atoms with Gasteiger partial charge in [-0.05, 0) is 34.5 Å². The van der Waals surface area contributed by atoms with Crippen LogP contribution in [0.5, 0.6) is 0 Å². The maximum absolute atomic E-state index is 6.24. The van der Waals surface area contributed by atoms with Crippen LogP contribution in [0.15, 0.2) is 46.0 Å². The number of rotatable bonds is 7. The highest BCUT2D eigenvalue weighted by Crippen LogP contribution is 2.27. The van der Waals surface area contributed by atoms with Gasteiger partial charge in [0.2, 0.25) is 0 Å². The van der Waals surface area contributed by atoms with Crippen LogP contribution in [0.1, 0.15) is 19.2 Å². The Bertz CT molecular complexity index is 541. The van der Waals surface area contributed by atoms with E-state index in [0.717, 1.165) is 35.4 Å². The van der Waals surface area contributed by atoms with E-state index in [1.54, 1.807) is 11.8 Å². The second-order valence-electron chi connectivity index (χ2n) is 4.74. The Kier molecular flexibility index (Phi) is 6.13. The monoisotopic (exact) mass is 353 g/mol. The Morgan fingerprint density at radius 1 is 1.40 bits per heavy atom. The van der Waals surface area contributed by atoms with E-state index in [1.807, 2.05) is 24.5 Å². The first kappa shape index (κ1) is 15.6. The summed E-state index contributed by atoms with van der Waals surface area (Å²) in [6.07, 6.45) is 5.83. The van der Waals surface area contributed by atoms with Crippen molar-refractivity contribution in [1.82, 2.24) is 9.55 Å². The van der Waals surface area contributed by atoms with Crippen molar-refractivity contribution in [3.8, 4) is 0 Å². The van der Waals surface area contributed by atoms with Gasteiger partial charge in [-0.2, -0.15) is 0 Å². The molecule has 0 aliphatic heterocycles. The van der Waals surface area contributed by atoms with Crippen molar-refractivity contribution in [2.24, 2.45) is 5.73 Å². The lowest BCUT2D eigenvalue weighted by molar-refractivity contribution is 0.607. The van der Waals surface area contributed by atoms with Crippen LogP contribution in [0.3, 0.4) is 0 Å². The van der Waals surface area contributed by atoms with Gasteiger partial charge in [0.15, 0.2) is 0 Å². The van der Waals surface area contributed by atoms with Crippen LogP contribution in [0.2, 0.25) is 0 Å². The van der Waals surface area contributed by atoms with Crippen molar-refractivity contribution in [2.45, 2.75) is 37.2 Å². The average Bonchev–Trinajstić information content (AvgIpc) is 2.86. The minimum Gasteiger partial charge on any atom is -0.335 e. The van der Waals surface area contributed by atoms with E-state index in [0.29, 0.717) is 0 Å². The summed E-state index contributed by atoms with van der Waals surface area (Å²) in [4.78, 5) is 5.65. The molecule has 0 amide bonds. The topological polar surface area (TPSA) is 43.8 Å². The van der Waals surface area contributed by atoms with E-state index in [-0.39, 0.29) is 6.04 Å². The largest absolute Gasteiger partial charge is 0.335 e. The van der Waals surface area contributed by atoms with Crippen LogP contribution in [-0.2, 0) is 13.0 Å². The number of benzene rings is 1. The van der Waals surface area contributed by atoms with E-state index in [1.165, 1.54) is 4.90 Å². The maximum atomic E-state index is 6.24. The molecule has 0 saturated heterocycles. The van der Waals surface area contributed by atoms with Gasteiger partial charge in [-0.25, -0.2) is 4.98 Å². The SMILES string of the molecule is CCCn1ccnc1CC(N)CSc1ccccc1Br. The lowest BCUT2D eigenvalue weighted by Gasteiger charge is -2.13. The molecule has 1 aromatic heterocycles. The Labute approximate surface area is 133 Å². The van der Waals surface area contributed by atoms with E-state index in [9.17, 15) is 0 Å². The average molecular weight is 354 g/mol. The Morgan fingerprint density at radius 2 is 2.20 bits per heavy atom. The van der Waals surface area contributed by atoms with Crippen molar-refractivity contribution >= 4 is 27.7 Å². The first-order valence-electron chi connectivity index (χ1n) is 6.83. The van der Waals surface area contributed by atoms with Crippen LogP contribution < -0.4 is 5.73 Å². The standard InChI is InChI=1S/C15H20BrN3S/c1-2-8-19-9-7-18-15(19)10-12(17)11-20-14-6-4-3-5-13(14)16/h3-7,9,12H,2,8,10-11,17H2,1H3.